The van der Waals surface area contributed by atoms with Gasteiger partial charge in [0.25, 0.3) is 0 Å². The van der Waals surface area contributed by atoms with Gasteiger partial charge in [-0.3, -0.25) is 9.69 Å². The van der Waals surface area contributed by atoms with Crippen LogP contribution in [0, 0.1) is 6.92 Å². The molecule has 2 fully saturated rings. The van der Waals surface area contributed by atoms with Crippen molar-refractivity contribution < 1.29 is 4.79 Å². The lowest BCUT2D eigenvalue weighted by Gasteiger charge is -2.39. The number of benzene rings is 1. The number of likely N-dealkylation sites (tertiary alicyclic amines) is 1. The zero-order valence-electron chi connectivity index (χ0n) is 13.8. The molecule has 2 aliphatic heterocycles. The second-order valence-electron chi connectivity index (χ2n) is 6.57. The van der Waals surface area contributed by atoms with E-state index >= 15 is 0 Å². The molecule has 0 saturated carbocycles. The van der Waals surface area contributed by atoms with Crippen molar-refractivity contribution in [3.8, 4) is 0 Å². The molecular formula is C18H27N3O. The van der Waals surface area contributed by atoms with E-state index in [0.717, 1.165) is 39.3 Å². The minimum absolute atomic E-state index is 0.0257. The number of aryl methyl sites for hydroxylation is 1. The maximum absolute atomic E-state index is 12.5. The van der Waals surface area contributed by atoms with E-state index in [1.807, 2.05) is 4.90 Å². The third kappa shape index (κ3) is 3.27. The molecule has 1 amide bonds. The number of rotatable bonds is 3. The Morgan fingerprint density at radius 2 is 1.73 bits per heavy atom. The molecule has 0 radical (unpaired) electrons. The lowest BCUT2D eigenvalue weighted by molar-refractivity contribution is -0.135. The number of amides is 1. The van der Waals surface area contributed by atoms with Gasteiger partial charge in [0.05, 0.1) is 6.04 Å². The third-order valence-corrected chi connectivity index (χ3v) is 5.00. The van der Waals surface area contributed by atoms with Crippen LogP contribution in [0.15, 0.2) is 24.3 Å². The Balaban J connectivity index is 1.56. The van der Waals surface area contributed by atoms with Crippen LogP contribution in [0.2, 0.25) is 0 Å². The van der Waals surface area contributed by atoms with Gasteiger partial charge in [-0.1, -0.05) is 12.1 Å². The molecule has 1 atom stereocenters. The average molecular weight is 301 g/mol. The first-order chi connectivity index (χ1) is 10.6. The molecule has 1 aromatic rings. The van der Waals surface area contributed by atoms with Gasteiger partial charge in [-0.25, -0.2) is 0 Å². The topological polar surface area (TPSA) is 26.8 Å². The smallest absolute Gasteiger partial charge is 0.239 e. The van der Waals surface area contributed by atoms with Gasteiger partial charge in [0.2, 0.25) is 5.91 Å². The molecule has 0 N–H and O–H groups in total. The third-order valence-electron chi connectivity index (χ3n) is 5.00. The Hall–Kier alpha value is -1.55. The van der Waals surface area contributed by atoms with E-state index < -0.39 is 0 Å². The van der Waals surface area contributed by atoms with E-state index in [0.29, 0.717) is 5.91 Å². The molecule has 1 aromatic carbocycles. The van der Waals surface area contributed by atoms with Crippen LogP contribution in [0.1, 0.15) is 25.3 Å². The van der Waals surface area contributed by atoms with Crippen molar-refractivity contribution in [2.24, 2.45) is 0 Å². The van der Waals surface area contributed by atoms with Gasteiger partial charge in [-0.2, -0.15) is 0 Å². The Morgan fingerprint density at radius 3 is 2.36 bits per heavy atom. The highest BCUT2D eigenvalue weighted by atomic mass is 16.2. The number of hydrogen-bond donors (Lipinski definition) is 0. The summed E-state index contributed by atoms with van der Waals surface area (Å²) < 4.78 is 0. The first-order valence-corrected chi connectivity index (χ1v) is 8.49. The fraction of sp³-hybridized carbons (Fsp3) is 0.611. The van der Waals surface area contributed by atoms with Gasteiger partial charge in [-0.15, -0.1) is 0 Å². The summed E-state index contributed by atoms with van der Waals surface area (Å²) in [5.74, 6) is 0.321. The van der Waals surface area contributed by atoms with E-state index in [1.54, 1.807) is 0 Å². The molecule has 120 valence electrons. The van der Waals surface area contributed by atoms with Crippen LogP contribution >= 0.6 is 0 Å². The summed E-state index contributed by atoms with van der Waals surface area (Å²) >= 11 is 0. The molecule has 1 unspecified atom stereocenters. The Labute approximate surface area is 133 Å². The largest absolute Gasteiger partial charge is 0.369 e. The predicted octanol–water partition coefficient (Wildman–Crippen LogP) is 2.13. The lowest BCUT2D eigenvalue weighted by Crippen LogP contribution is -2.54. The Kier molecular flexibility index (Phi) is 4.67. The lowest BCUT2D eigenvalue weighted by atomic mass is 10.1. The molecule has 2 aliphatic rings. The fourth-order valence-electron chi connectivity index (χ4n) is 3.55. The number of anilines is 1. The fourth-order valence-corrected chi connectivity index (χ4v) is 3.55. The molecular weight excluding hydrogens is 274 g/mol. The van der Waals surface area contributed by atoms with E-state index in [-0.39, 0.29) is 6.04 Å². The monoisotopic (exact) mass is 301 g/mol. The first-order valence-electron chi connectivity index (χ1n) is 8.49. The SMILES string of the molecule is Cc1cccc(N2CCN(C(C)C(=O)N3CCCC3)CC2)c1. The summed E-state index contributed by atoms with van der Waals surface area (Å²) in [6.45, 7) is 10.0. The molecule has 2 heterocycles. The van der Waals surface area contributed by atoms with Gasteiger partial charge in [0.15, 0.2) is 0 Å². The number of nitrogens with zero attached hydrogens (tertiary/aromatic N) is 3. The zero-order valence-corrected chi connectivity index (χ0v) is 13.8. The molecule has 4 nitrogen and oxygen atoms in total. The van der Waals surface area contributed by atoms with Crippen molar-refractivity contribution in [3.05, 3.63) is 29.8 Å². The van der Waals surface area contributed by atoms with Crippen molar-refractivity contribution >= 4 is 11.6 Å². The van der Waals surface area contributed by atoms with Gasteiger partial charge >= 0.3 is 0 Å². The van der Waals surface area contributed by atoms with Crippen molar-refractivity contribution in [2.75, 3.05) is 44.2 Å². The van der Waals surface area contributed by atoms with Crippen LogP contribution in [0.4, 0.5) is 5.69 Å². The second kappa shape index (κ2) is 6.69. The van der Waals surface area contributed by atoms with Crippen LogP contribution in [0.5, 0.6) is 0 Å². The second-order valence-corrected chi connectivity index (χ2v) is 6.57. The quantitative estimate of drug-likeness (QED) is 0.856. The zero-order chi connectivity index (χ0) is 15.5. The van der Waals surface area contributed by atoms with Crippen LogP contribution in [0.25, 0.3) is 0 Å². The summed E-state index contributed by atoms with van der Waals surface area (Å²) in [6, 6.07) is 8.71. The predicted molar refractivity (Wildman–Crippen MR) is 90.2 cm³/mol. The number of carbonyl (C=O) groups excluding carboxylic acids is 1. The van der Waals surface area contributed by atoms with Crippen LogP contribution in [-0.2, 0) is 4.79 Å². The summed E-state index contributed by atoms with van der Waals surface area (Å²) in [7, 11) is 0. The molecule has 22 heavy (non-hydrogen) atoms. The van der Waals surface area contributed by atoms with E-state index in [2.05, 4.69) is 47.9 Å². The summed E-state index contributed by atoms with van der Waals surface area (Å²) in [4.78, 5) is 19.3. The van der Waals surface area contributed by atoms with E-state index in [1.165, 1.54) is 24.1 Å². The Bertz CT molecular complexity index is 517. The van der Waals surface area contributed by atoms with Crippen LogP contribution in [-0.4, -0.2) is 61.0 Å². The maximum atomic E-state index is 12.5. The minimum Gasteiger partial charge on any atom is -0.369 e. The molecule has 0 bridgehead atoms. The first kappa shape index (κ1) is 15.3. The normalized spacial score (nSPS) is 21.2. The van der Waals surface area contributed by atoms with Crippen molar-refractivity contribution in [2.45, 2.75) is 32.7 Å². The van der Waals surface area contributed by atoms with Crippen LogP contribution in [0.3, 0.4) is 0 Å². The molecule has 4 heteroatoms. The summed E-state index contributed by atoms with van der Waals surface area (Å²) in [5, 5.41) is 0. The van der Waals surface area contributed by atoms with E-state index in [4.69, 9.17) is 0 Å². The van der Waals surface area contributed by atoms with Crippen molar-refractivity contribution in [1.82, 2.24) is 9.80 Å². The number of piperazine rings is 1. The molecule has 0 spiro atoms. The number of hydrogen-bond acceptors (Lipinski definition) is 3. The molecule has 2 saturated heterocycles. The summed E-state index contributed by atoms with van der Waals surface area (Å²) in [5.41, 5.74) is 2.61. The van der Waals surface area contributed by atoms with E-state index in [9.17, 15) is 4.79 Å². The Morgan fingerprint density at radius 1 is 1.05 bits per heavy atom. The standard InChI is InChI=1S/C18H27N3O/c1-15-6-5-7-17(14-15)20-12-10-19(11-13-20)16(2)18(22)21-8-3-4-9-21/h5-7,14,16H,3-4,8-13H2,1-2H3. The number of carbonyl (C=O) groups is 1. The van der Waals surface area contributed by atoms with Gasteiger partial charge in [0.1, 0.15) is 0 Å². The highest BCUT2D eigenvalue weighted by Crippen LogP contribution is 2.19. The van der Waals surface area contributed by atoms with Crippen molar-refractivity contribution in [3.63, 3.8) is 0 Å². The van der Waals surface area contributed by atoms with Gasteiger partial charge in [0, 0.05) is 45.0 Å². The van der Waals surface area contributed by atoms with Crippen molar-refractivity contribution in [1.29, 1.82) is 0 Å². The van der Waals surface area contributed by atoms with Gasteiger partial charge in [-0.05, 0) is 44.4 Å². The highest BCUT2D eigenvalue weighted by Gasteiger charge is 2.29. The van der Waals surface area contributed by atoms with Crippen LogP contribution < -0.4 is 4.90 Å². The highest BCUT2D eigenvalue weighted by molar-refractivity contribution is 5.81. The molecule has 3 rings (SSSR count). The maximum Gasteiger partial charge on any atom is 0.239 e. The molecule has 0 aliphatic carbocycles. The average Bonchev–Trinajstić information content (AvgIpc) is 3.08. The molecule has 0 aromatic heterocycles. The summed E-state index contributed by atoms with van der Waals surface area (Å²) in [6.07, 6.45) is 2.33. The minimum atomic E-state index is 0.0257. The van der Waals surface area contributed by atoms with Gasteiger partial charge < -0.3 is 9.80 Å².